The fraction of sp³-hybridized carbons (Fsp3) is 0.316. The Hall–Kier alpha value is -3.36. The van der Waals surface area contributed by atoms with Crippen molar-refractivity contribution in [2.24, 2.45) is 0 Å². The summed E-state index contributed by atoms with van der Waals surface area (Å²) >= 11 is 0. The molecule has 3 aromatic rings. The Labute approximate surface area is 160 Å². The fourth-order valence-corrected chi connectivity index (χ4v) is 3.26. The second-order valence-electron chi connectivity index (χ2n) is 6.71. The van der Waals surface area contributed by atoms with E-state index >= 15 is 0 Å². The monoisotopic (exact) mass is 382 g/mol. The molecule has 4 rings (SSSR count). The molecule has 1 saturated heterocycles. The molecule has 1 aliphatic rings. The van der Waals surface area contributed by atoms with Gasteiger partial charge in [0.15, 0.2) is 0 Å². The van der Waals surface area contributed by atoms with Gasteiger partial charge in [0.1, 0.15) is 12.4 Å². The number of anilines is 1. The van der Waals surface area contributed by atoms with Gasteiger partial charge >= 0.3 is 0 Å². The van der Waals surface area contributed by atoms with Gasteiger partial charge in [-0.15, -0.1) is 0 Å². The van der Waals surface area contributed by atoms with Crippen LogP contribution in [0.4, 0.5) is 10.3 Å². The van der Waals surface area contributed by atoms with Crippen LogP contribution in [0, 0.1) is 12.7 Å². The lowest BCUT2D eigenvalue weighted by molar-refractivity contribution is -0.132. The van der Waals surface area contributed by atoms with Crippen molar-refractivity contribution in [3.63, 3.8) is 0 Å². The molecule has 0 bridgehead atoms. The Bertz CT molecular complexity index is 1080. The lowest BCUT2D eigenvalue weighted by atomic mass is 10.1. The molecule has 0 aliphatic carbocycles. The molecule has 144 valence electrons. The van der Waals surface area contributed by atoms with E-state index in [2.05, 4.69) is 15.0 Å². The highest BCUT2D eigenvalue weighted by atomic mass is 19.1. The van der Waals surface area contributed by atoms with Crippen molar-refractivity contribution in [3.8, 4) is 0 Å². The quantitative estimate of drug-likeness (QED) is 0.672. The second kappa shape index (κ2) is 7.34. The van der Waals surface area contributed by atoms with Crippen LogP contribution >= 0.6 is 0 Å². The summed E-state index contributed by atoms with van der Waals surface area (Å²) in [5.74, 6) is 0.0800. The van der Waals surface area contributed by atoms with Crippen molar-refractivity contribution < 1.29 is 9.18 Å². The number of aryl methyl sites for hydroxylation is 1. The van der Waals surface area contributed by atoms with Crippen LogP contribution in [0.15, 0.2) is 41.7 Å². The molecule has 1 amide bonds. The number of piperazine rings is 1. The number of amides is 1. The van der Waals surface area contributed by atoms with Gasteiger partial charge in [-0.3, -0.25) is 14.2 Å². The number of fused-ring (bicyclic) bond motifs is 1. The largest absolute Gasteiger partial charge is 0.338 e. The molecule has 1 fully saturated rings. The maximum absolute atomic E-state index is 13.7. The van der Waals surface area contributed by atoms with E-state index in [0.717, 1.165) is 0 Å². The minimum atomic E-state index is -0.409. The van der Waals surface area contributed by atoms with Crippen LogP contribution in [-0.2, 0) is 11.3 Å². The number of halogens is 1. The SMILES string of the molecule is Cc1cc2c(=O)n(CC(=O)N3CCN(c4ncccn4)CC3)cnc2cc1F. The topological polar surface area (TPSA) is 84.2 Å². The van der Waals surface area contributed by atoms with Crippen LogP contribution in [0.25, 0.3) is 10.9 Å². The van der Waals surface area contributed by atoms with E-state index in [1.807, 2.05) is 4.90 Å². The third kappa shape index (κ3) is 3.42. The Kier molecular flexibility index (Phi) is 4.72. The molecule has 0 spiro atoms. The first-order chi connectivity index (χ1) is 13.5. The van der Waals surface area contributed by atoms with Gasteiger partial charge in [0.05, 0.1) is 17.2 Å². The number of carbonyl (C=O) groups excluding carboxylic acids is 1. The van der Waals surface area contributed by atoms with Crippen LogP contribution < -0.4 is 10.5 Å². The summed E-state index contributed by atoms with van der Waals surface area (Å²) in [4.78, 5) is 41.6. The van der Waals surface area contributed by atoms with Crippen molar-refractivity contribution in [3.05, 3.63) is 58.7 Å². The van der Waals surface area contributed by atoms with Crippen molar-refractivity contribution >= 4 is 22.8 Å². The second-order valence-corrected chi connectivity index (χ2v) is 6.71. The number of hydrogen-bond acceptors (Lipinski definition) is 6. The molecular formula is C19H19FN6O2. The van der Waals surface area contributed by atoms with E-state index in [0.29, 0.717) is 43.1 Å². The van der Waals surface area contributed by atoms with E-state index < -0.39 is 5.82 Å². The Morgan fingerprint density at radius 2 is 1.82 bits per heavy atom. The molecular weight excluding hydrogens is 363 g/mol. The third-order valence-corrected chi connectivity index (χ3v) is 4.88. The smallest absolute Gasteiger partial charge is 0.261 e. The van der Waals surface area contributed by atoms with Gasteiger partial charge in [0.2, 0.25) is 11.9 Å². The van der Waals surface area contributed by atoms with Crippen LogP contribution in [0.1, 0.15) is 5.56 Å². The number of hydrogen-bond donors (Lipinski definition) is 0. The maximum atomic E-state index is 13.7. The summed E-state index contributed by atoms with van der Waals surface area (Å²) < 4.78 is 14.9. The van der Waals surface area contributed by atoms with Gasteiger partial charge in [-0.25, -0.2) is 19.3 Å². The summed E-state index contributed by atoms with van der Waals surface area (Å²) in [6, 6.07) is 4.47. The van der Waals surface area contributed by atoms with Crippen molar-refractivity contribution in [1.82, 2.24) is 24.4 Å². The number of rotatable bonds is 3. The predicted octanol–water partition coefficient (Wildman–Crippen LogP) is 0.983. The molecule has 0 unspecified atom stereocenters. The lowest BCUT2D eigenvalue weighted by Crippen LogP contribution is -2.50. The number of carbonyl (C=O) groups is 1. The zero-order valence-electron chi connectivity index (χ0n) is 15.4. The molecule has 2 aromatic heterocycles. The van der Waals surface area contributed by atoms with Gasteiger partial charge in [-0.2, -0.15) is 0 Å². The van der Waals surface area contributed by atoms with Crippen molar-refractivity contribution in [1.29, 1.82) is 0 Å². The molecule has 28 heavy (non-hydrogen) atoms. The van der Waals surface area contributed by atoms with Gasteiger partial charge < -0.3 is 9.80 Å². The molecule has 1 aliphatic heterocycles. The maximum Gasteiger partial charge on any atom is 0.261 e. The molecule has 1 aromatic carbocycles. The first-order valence-corrected chi connectivity index (χ1v) is 8.98. The zero-order chi connectivity index (χ0) is 19.7. The summed E-state index contributed by atoms with van der Waals surface area (Å²) in [6.45, 7) is 3.79. The Morgan fingerprint density at radius 1 is 1.11 bits per heavy atom. The molecule has 0 saturated carbocycles. The van der Waals surface area contributed by atoms with E-state index in [4.69, 9.17) is 0 Å². The minimum Gasteiger partial charge on any atom is -0.338 e. The van der Waals surface area contributed by atoms with Crippen LogP contribution in [0.5, 0.6) is 0 Å². The van der Waals surface area contributed by atoms with Gasteiger partial charge in [0.25, 0.3) is 5.56 Å². The molecule has 0 radical (unpaired) electrons. The van der Waals surface area contributed by atoms with E-state index in [-0.39, 0.29) is 23.5 Å². The number of aromatic nitrogens is 4. The van der Waals surface area contributed by atoms with Crippen LogP contribution in [0.3, 0.4) is 0 Å². The van der Waals surface area contributed by atoms with Gasteiger partial charge in [-0.05, 0) is 24.6 Å². The Balaban J connectivity index is 1.46. The minimum absolute atomic E-state index is 0.0972. The summed E-state index contributed by atoms with van der Waals surface area (Å²) in [5.41, 5.74) is 0.306. The van der Waals surface area contributed by atoms with E-state index in [9.17, 15) is 14.0 Å². The first-order valence-electron chi connectivity index (χ1n) is 8.98. The zero-order valence-corrected chi connectivity index (χ0v) is 15.4. The lowest BCUT2D eigenvalue weighted by Gasteiger charge is -2.34. The third-order valence-electron chi connectivity index (χ3n) is 4.88. The van der Waals surface area contributed by atoms with E-state index in [1.54, 1.807) is 30.3 Å². The highest BCUT2D eigenvalue weighted by molar-refractivity contribution is 5.79. The number of nitrogens with zero attached hydrogens (tertiary/aromatic N) is 6. The highest BCUT2D eigenvalue weighted by Gasteiger charge is 2.23. The molecule has 9 heteroatoms. The van der Waals surface area contributed by atoms with Crippen LogP contribution in [-0.4, -0.2) is 56.5 Å². The number of benzene rings is 1. The van der Waals surface area contributed by atoms with Crippen LogP contribution in [0.2, 0.25) is 0 Å². The predicted molar refractivity (Wildman–Crippen MR) is 102 cm³/mol. The van der Waals surface area contributed by atoms with Crippen molar-refractivity contribution in [2.75, 3.05) is 31.1 Å². The first kappa shape index (κ1) is 18.0. The molecule has 0 atom stereocenters. The summed E-state index contributed by atoms with van der Waals surface area (Å²) in [7, 11) is 0. The average Bonchev–Trinajstić information content (AvgIpc) is 2.72. The van der Waals surface area contributed by atoms with E-state index in [1.165, 1.54) is 23.0 Å². The van der Waals surface area contributed by atoms with Crippen molar-refractivity contribution in [2.45, 2.75) is 13.5 Å². The fourth-order valence-electron chi connectivity index (χ4n) is 3.26. The van der Waals surface area contributed by atoms with Gasteiger partial charge in [-0.1, -0.05) is 0 Å². The molecule has 8 nitrogen and oxygen atoms in total. The van der Waals surface area contributed by atoms with Gasteiger partial charge in [0, 0.05) is 44.6 Å². The highest BCUT2D eigenvalue weighted by Crippen LogP contribution is 2.14. The normalized spacial score (nSPS) is 14.5. The Morgan fingerprint density at radius 3 is 2.54 bits per heavy atom. The summed E-state index contributed by atoms with van der Waals surface area (Å²) in [5, 5.41) is 0.306. The molecule has 3 heterocycles. The molecule has 0 N–H and O–H groups in total. The summed E-state index contributed by atoms with van der Waals surface area (Å²) in [6.07, 6.45) is 4.67. The average molecular weight is 382 g/mol. The standard InChI is InChI=1S/C19H19FN6O2/c1-13-9-14-16(10-15(13)20)23-12-26(18(14)28)11-17(27)24-5-7-25(8-6-24)19-21-3-2-4-22-19/h2-4,9-10,12H,5-8,11H2,1H3.